The van der Waals surface area contributed by atoms with Crippen molar-refractivity contribution in [3.05, 3.63) is 29.8 Å². The third kappa shape index (κ3) is 3.70. The van der Waals surface area contributed by atoms with Gasteiger partial charge in [-0.2, -0.15) is 0 Å². The van der Waals surface area contributed by atoms with Gasteiger partial charge in [0.1, 0.15) is 5.75 Å². The monoisotopic (exact) mass is 265 g/mol. The lowest BCUT2D eigenvalue weighted by Gasteiger charge is -2.27. The van der Waals surface area contributed by atoms with E-state index in [1.165, 1.54) is 0 Å². The average Bonchev–Trinajstić information content (AvgIpc) is 2.44. The second-order valence-electron chi connectivity index (χ2n) is 4.71. The number of nitrogens with one attached hydrogen (secondary N) is 1. The minimum absolute atomic E-state index is 0.466. The molecular weight excluding hydrogens is 242 g/mol. The van der Waals surface area contributed by atoms with Crippen LogP contribution in [0.4, 0.5) is 0 Å². The Labute approximate surface area is 114 Å². The molecule has 0 aliphatic rings. The van der Waals surface area contributed by atoms with Crippen molar-refractivity contribution in [2.24, 2.45) is 5.41 Å². The van der Waals surface area contributed by atoms with Crippen LogP contribution >= 0.6 is 0 Å². The minimum atomic E-state index is -0.731. The lowest BCUT2D eigenvalue weighted by atomic mass is 9.82. The summed E-state index contributed by atoms with van der Waals surface area (Å²) in [5.74, 6) is 0.0916. The molecule has 0 radical (unpaired) electrons. The van der Waals surface area contributed by atoms with Crippen LogP contribution in [0.5, 0.6) is 5.75 Å². The second kappa shape index (κ2) is 7.14. The lowest BCUT2D eigenvalue weighted by molar-refractivity contribution is -0.149. The van der Waals surface area contributed by atoms with Crippen LogP contribution in [0, 0.1) is 5.41 Å². The van der Waals surface area contributed by atoms with Crippen LogP contribution in [0.2, 0.25) is 0 Å². The summed E-state index contributed by atoms with van der Waals surface area (Å²) in [6, 6.07) is 7.75. The highest BCUT2D eigenvalue weighted by atomic mass is 16.5. The van der Waals surface area contributed by atoms with Gasteiger partial charge in [-0.25, -0.2) is 0 Å². The lowest BCUT2D eigenvalue weighted by Crippen LogP contribution is -2.40. The van der Waals surface area contributed by atoms with E-state index in [1.807, 2.05) is 38.1 Å². The SMILES string of the molecule is CCC(CC)(CNCc1ccccc1OC)C(=O)O. The Hall–Kier alpha value is -1.55. The third-order valence-corrected chi connectivity index (χ3v) is 3.78. The fourth-order valence-electron chi connectivity index (χ4n) is 2.16. The summed E-state index contributed by atoms with van der Waals surface area (Å²) in [4.78, 5) is 11.4. The number of carboxylic acid groups (broad SMARTS) is 1. The molecule has 0 atom stereocenters. The molecular formula is C15H23NO3. The molecule has 0 fully saturated rings. The second-order valence-corrected chi connectivity index (χ2v) is 4.71. The first-order valence-electron chi connectivity index (χ1n) is 6.65. The van der Waals surface area contributed by atoms with Gasteiger partial charge in [-0.15, -0.1) is 0 Å². The molecule has 0 spiro atoms. The molecule has 0 unspecified atom stereocenters. The van der Waals surface area contributed by atoms with Gasteiger partial charge in [-0.1, -0.05) is 32.0 Å². The van der Waals surface area contributed by atoms with Gasteiger partial charge >= 0.3 is 5.97 Å². The molecule has 0 aliphatic heterocycles. The number of hydrogen-bond donors (Lipinski definition) is 2. The standard InChI is InChI=1S/C15H23NO3/c1-4-15(5-2,14(17)18)11-16-10-12-8-6-7-9-13(12)19-3/h6-9,16H,4-5,10-11H2,1-3H3,(H,17,18). The maximum Gasteiger partial charge on any atom is 0.310 e. The van der Waals surface area contributed by atoms with E-state index in [0.717, 1.165) is 11.3 Å². The summed E-state index contributed by atoms with van der Waals surface area (Å²) < 4.78 is 5.27. The van der Waals surface area contributed by atoms with Gasteiger partial charge in [-0.05, 0) is 18.9 Å². The summed E-state index contributed by atoms with van der Waals surface area (Å²) in [6.07, 6.45) is 1.25. The highest BCUT2D eigenvalue weighted by Crippen LogP contribution is 2.26. The molecule has 1 aromatic rings. The largest absolute Gasteiger partial charge is 0.496 e. The van der Waals surface area contributed by atoms with Crippen molar-refractivity contribution in [1.82, 2.24) is 5.32 Å². The minimum Gasteiger partial charge on any atom is -0.496 e. The topological polar surface area (TPSA) is 58.6 Å². The quantitative estimate of drug-likeness (QED) is 0.758. The number of hydrogen-bond acceptors (Lipinski definition) is 3. The normalized spacial score (nSPS) is 11.3. The number of aliphatic carboxylic acids is 1. The van der Waals surface area contributed by atoms with Gasteiger partial charge in [0.05, 0.1) is 12.5 Å². The van der Waals surface area contributed by atoms with Gasteiger partial charge in [0.15, 0.2) is 0 Å². The Bertz CT molecular complexity index is 414. The Morgan fingerprint density at radius 2 is 1.95 bits per heavy atom. The van der Waals surface area contributed by atoms with Gasteiger partial charge < -0.3 is 15.2 Å². The van der Waals surface area contributed by atoms with Crippen molar-refractivity contribution in [1.29, 1.82) is 0 Å². The summed E-state index contributed by atoms with van der Waals surface area (Å²) in [7, 11) is 1.64. The summed E-state index contributed by atoms with van der Waals surface area (Å²) in [5, 5.41) is 12.6. The fourth-order valence-corrected chi connectivity index (χ4v) is 2.16. The Kier molecular flexibility index (Phi) is 5.83. The van der Waals surface area contributed by atoms with Crippen LogP contribution in [0.1, 0.15) is 32.3 Å². The van der Waals surface area contributed by atoms with Crippen molar-refractivity contribution in [3.63, 3.8) is 0 Å². The van der Waals surface area contributed by atoms with Gasteiger partial charge in [0.25, 0.3) is 0 Å². The van der Waals surface area contributed by atoms with Crippen molar-refractivity contribution in [2.75, 3.05) is 13.7 Å². The Balaban J connectivity index is 2.64. The van der Waals surface area contributed by atoms with E-state index in [9.17, 15) is 9.90 Å². The molecule has 0 bridgehead atoms. The van der Waals surface area contributed by atoms with Crippen molar-refractivity contribution in [3.8, 4) is 5.75 Å². The number of rotatable bonds is 8. The molecule has 106 valence electrons. The number of ether oxygens (including phenoxy) is 1. The Morgan fingerprint density at radius 1 is 1.32 bits per heavy atom. The van der Waals surface area contributed by atoms with Crippen LogP contribution in [-0.4, -0.2) is 24.7 Å². The molecule has 0 aliphatic carbocycles. The van der Waals surface area contributed by atoms with Gasteiger partial charge in [0, 0.05) is 18.7 Å². The number of carboxylic acids is 1. The molecule has 0 heterocycles. The van der Waals surface area contributed by atoms with Crippen LogP contribution in [0.15, 0.2) is 24.3 Å². The number of methoxy groups -OCH3 is 1. The van der Waals surface area contributed by atoms with E-state index < -0.39 is 11.4 Å². The first-order valence-corrected chi connectivity index (χ1v) is 6.65. The summed E-state index contributed by atoms with van der Waals surface area (Å²) >= 11 is 0. The van der Waals surface area contributed by atoms with E-state index in [1.54, 1.807) is 7.11 Å². The molecule has 2 N–H and O–H groups in total. The molecule has 0 saturated heterocycles. The summed E-state index contributed by atoms with van der Waals surface area (Å²) in [6.45, 7) is 4.91. The van der Waals surface area contributed by atoms with Crippen LogP contribution < -0.4 is 10.1 Å². The molecule has 0 saturated carbocycles. The first kappa shape index (κ1) is 15.5. The zero-order valence-corrected chi connectivity index (χ0v) is 11.9. The van der Waals surface area contributed by atoms with Gasteiger partial charge in [-0.3, -0.25) is 4.79 Å². The highest BCUT2D eigenvalue weighted by molar-refractivity contribution is 5.74. The number of carbonyl (C=O) groups is 1. The van der Waals surface area contributed by atoms with Crippen molar-refractivity contribution < 1.29 is 14.6 Å². The fraction of sp³-hybridized carbons (Fsp3) is 0.533. The van der Waals surface area contributed by atoms with Crippen molar-refractivity contribution >= 4 is 5.97 Å². The summed E-state index contributed by atoms with van der Waals surface area (Å²) in [5.41, 5.74) is 0.360. The predicted molar refractivity (Wildman–Crippen MR) is 75.4 cm³/mol. The van der Waals surface area contributed by atoms with Gasteiger partial charge in [0.2, 0.25) is 0 Å². The predicted octanol–water partition coefficient (Wildman–Crippen LogP) is 2.68. The van der Waals surface area contributed by atoms with E-state index in [2.05, 4.69) is 5.32 Å². The molecule has 19 heavy (non-hydrogen) atoms. The molecule has 1 rings (SSSR count). The van der Waals surface area contributed by atoms with E-state index in [0.29, 0.717) is 25.9 Å². The number of benzene rings is 1. The van der Waals surface area contributed by atoms with E-state index in [4.69, 9.17) is 4.74 Å². The molecule has 0 amide bonds. The van der Waals surface area contributed by atoms with Crippen LogP contribution in [0.3, 0.4) is 0 Å². The molecule has 4 heteroatoms. The molecule has 4 nitrogen and oxygen atoms in total. The zero-order chi connectivity index (χ0) is 14.3. The molecule has 1 aromatic carbocycles. The Morgan fingerprint density at radius 3 is 2.47 bits per heavy atom. The number of para-hydroxylation sites is 1. The maximum atomic E-state index is 11.4. The highest BCUT2D eigenvalue weighted by Gasteiger charge is 2.34. The third-order valence-electron chi connectivity index (χ3n) is 3.78. The van der Waals surface area contributed by atoms with E-state index >= 15 is 0 Å². The molecule has 0 aromatic heterocycles. The maximum absolute atomic E-state index is 11.4. The van der Waals surface area contributed by atoms with Crippen molar-refractivity contribution in [2.45, 2.75) is 33.2 Å². The zero-order valence-electron chi connectivity index (χ0n) is 11.9. The van der Waals surface area contributed by atoms with E-state index in [-0.39, 0.29) is 0 Å². The van der Waals surface area contributed by atoms with Crippen LogP contribution in [0.25, 0.3) is 0 Å². The first-order chi connectivity index (χ1) is 9.09. The smallest absolute Gasteiger partial charge is 0.310 e. The average molecular weight is 265 g/mol. The van der Waals surface area contributed by atoms with Crippen LogP contribution in [-0.2, 0) is 11.3 Å².